The Bertz CT molecular complexity index is 1230. The van der Waals surface area contributed by atoms with Gasteiger partial charge in [0, 0.05) is 24.2 Å². The lowest BCUT2D eigenvalue weighted by Crippen LogP contribution is -2.34. The highest BCUT2D eigenvalue weighted by molar-refractivity contribution is 5.98. The highest BCUT2D eigenvalue weighted by Crippen LogP contribution is 2.29. The first kappa shape index (κ1) is 29.2. The van der Waals surface area contributed by atoms with Gasteiger partial charge < -0.3 is 20.3 Å². The monoisotopic (exact) mass is 516 g/mol. The van der Waals surface area contributed by atoms with Crippen molar-refractivity contribution in [2.24, 2.45) is 0 Å². The number of carbonyl (C=O) groups is 1. The number of unbranched alkanes of at least 4 members (excludes halogenated alkanes) is 3. The maximum Gasteiger partial charge on any atom is 0.251 e. The van der Waals surface area contributed by atoms with Crippen LogP contribution in [0.25, 0.3) is 11.0 Å². The number of aliphatic hydroxyl groups is 1. The third-order valence-corrected chi connectivity index (χ3v) is 6.92. The molecule has 204 valence electrons. The van der Waals surface area contributed by atoms with Crippen molar-refractivity contribution >= 4 is 22.9 Å². The van der Waals surface area contributed by atoms with Gasteiger partial charge in [-0.25, -0.2) is 4.98 Å². The quantitative estimate of drug-likeness (QED) is 0.250. The molecule has 2 aromatic rings. The highest BCUT2D eigenvalue weighted by atomic mass is 16.3. The molecule has 3 N–H and O–H groups in total. The van der Waals surface area contributed by atoms with Crippen LogP contribution in [-0.2, 0) is 0 Å². The van der Waals surface area contributed by atoms with E-state index in [4.69, 9.17) is 4.98 Å². The number of rotatable bonds is 13. The van der Waals surface area contributed by atoms with E-state index in [2.05, 4.69) is 59.9 Å². The molecule has 0 aliphatic heterocycles. The van der Waals surface area contributed by atoms with E-state index in [1.165, 1.54) is 31.3 Å². The maximum atomic E-state index is 12.7. The Balaban J connectivity index is 1.85. The number of carbonyl (C=O) groups excluding carboxylic acids is 1. The van der Waals surface area contributed by atoms with Crippen molar-refractivity contribution in [1.82, 2.24) is 14.9 Å². The Labute approximate surface area is 227 Å². The van der Waals surface area contributed by atoms with Crippen molar-refractivity contribution in [3.8, 4) is 0 Å². The average Bonchev–Trinajstić information content (AvgIpc) is 3.18. The minimum absolute atomic E-state index is 0.101. The summed E-state index contributed by atoms with van der Waals surface area (Å²) in [5.74, 6) is 0.606. The summed E-state index contributed by atoms with van der Waals surface area (Å²) in [5.41, 5.74) is 5.81. The molecule has 1 aliphatic rings. The molecule has 6 nitrogen and oxygen atoms in total. The second-order valence-corrected chi connectivity index (χ2v) is 10.2. The molecule has 38 heavy (non-hydrogen) atoms. The third-order valence-electron chi connectivity index (χ3n) is 6.92. The zero-order valence-corrected chi connectivity index (χ0v) is 23.5. The normalized spacial score (nSPS) is 16.6. The second-order valence-electron chi connectivity index (χ2n) is 10.2. The van der Waals surface area contributed by atoms with Crippen molar-refractivity contribution < 1.29 is 9.90 Å². The molecule has 0 radical (unpaired) electrons. The van der Waals surface area contributed by atoms with Crippen LogP contribution in [0.5, 0.6) is 0 Å². The molecule has 2 atom stereocenters. The van der Waals surface area contributed by atoms with Crippen LogP contribution in [0, 0.1) is 0 Å². The van der Waals surface area contributed by atoms with E-state index in [1.54, 1.807) is 6.92 Å². The summed E-state index contributed by atoms with van der Waals surface area (Å²) in [4.78, 5) is 17.6. The first-order valence-corrected chi connectivity index (χ1v) is 13.9. The molecule has 1 heterocycles. The summed E-state index contributed by atoms with van der Waals surface area (Å²) in [6.07, 6.45) is 19.2. The van der Waals surface area contributed by atoms with Crippen molar-refractivity contribution in [3.63, 3.8) is 0 Å². The van der Waals surface area contributed by atoms with Crippen LogP contribution in [0.3, 0.4) is 0 Å². The van der Waals surface area contributed by atoms with E-state index < -0.39 is 0 Å². The number of benzene rings is 1. The van der Waals surface area contributed by atoms with Gasteiger partial charge in [0.1, 0.15) is 0 Å². The first-order valence-electron chi connectivity index (χ1n) is 13.9. The lowest BCUT2D eigenvalue weighted by atomic mass is 10.0. The van der Waals surface area contributed by atoms with E-state index in [0.29, 0.717) is 12.1 Å². The van der Waals surface area contributed by atoms with Gasteiger partial charge in [-0.3, -0.25) is 4.79 Å². The zero-order chi connectivity index (χ0) is 27.5. The molecular weight excluding hydrogens is 472 g/mol. The van der Waals surface area contributed by atoms with Gasteiger partial charge in [0.15, 0.2) is 0 Å². The third kappa shape index (κ3) is 7.81. The Kier molecular flexibility index (Phi) is 11.2. The molecule has 1 aliphatic carbocycles. The number of hydrogen-bond donors (Lipinski definition) is 3. The minimum Gasteiger partial charge on any atom is -0.394 e. The fourth-order valence-corrected chi connectivity index (χ4v) is 4.69. The molecule has 1 aromatic heterocycles. The molecule has 0 saturated heterocycles. The number of amides is 1. The van der Waals surface area contributed by atoms with Gasteiger partial charge in [0.2, 0.25) is 5.95 Å². The Hall–Kier alpha value is -3.38. The summed E-state index contributed by atoms with van der Waals surface area (Å²) in [5, 5.41) is 15.7. The molecule has 1 amide bonds. The number of anilines is 1. The second kappa shape index (κ2) is 14.5. The lowest BCUT2D eigenvalue weighted by Gasteiger charge is -2.19. The zero-order valence-electron chi connectivity index (χ0n) is 23.5. The number of nitrogens with zero attached hydrogens (tertiary/aromatic N) is 2. The number of imidazole rings is 1. The summed E-state index contributed by atoms with van der Waals surface area (Å²) in [6.45, 7) is 13.1. The van der Waals surface area contributed by atoms with Crippen molar-refractivity contribution in [2.45, 2.75) is 78.3 Å². The number of aromatic nitrogens is 2. The summed E-state index contributed by atoms with van der Waals surface area (Å²) in [6, 6.07) is 5.63. The standard InChI is InChI=1S/C32H44N4O2/c1-6-8-10-11-13-25(5)36-30-18-17-28(31(38)34-24(4)22-37)20-29(30)35-32(36)33-21-26-14-12-16-27(15-9-7-2)23(3)19-26/h7,9,12,14-18,20,24-25,37H,3,6,8,10-11,13,19,21-22H2,1-2,4-5H3,(H,33,35)(H,34,38)/b9-7-,27-15-. The number of allylic oxidation sites excluding steroid dienone is 8. The molecule has 0 saturated carbocycles. The van der Waals surface area contributed by atoms with Crippen LogP contribution >= 0.6 is 0 Å². The van der Waals surface area contributed by atoms with E-state index in [9.17, 15) is 9.90 Å². The predicted octanol–water partition coefficient (Wildman–Crippen LogP) is 7.04. The number of hydrogen-bond acceptors (Lipinski definition) is 4. The molecule has 2 unspecified atom stereocenters. The number of nitrogens with one attached hydrogen (secondary N) is 2. The van der Waals surface area contributed by atoms with Crippen LogP contribution in [0.2, 0.25) is 0 Å². The summed E-state index contributed by atoms with van der Waals surface area (Å²) < 4.78 is 2.28. The molecule has 6 heteroatoms. The fraction of sp³-hybridized carbons (Fsp3) is 0.438. The summed E-state index contributed by atoms with van der Waals surface area (Å²) >= 11 is 0. The highest BCUT2D eigenvalue weighted by Gasteiger charge is 2.19. The topological polar surface area (TPSA) is 79.2 Å². The van der Waals surface area contributed by atoms with Crippen LogP contribution in [0.4, 0.5) is 5.95 Å². The minimum atomic E-state index is -0.305. The van der Waals surface area contributed by atoms with Gasteiger partial charge in [-0.15, -0.1) is 0 Å². The van der Waals surface area contributed by atoms with Gasteiger partial charge >= 0.3 is 0 Å². The number of fused-ring (bicyclic) bond motifs is 1. The maximum absolute atomic E-state index is 12.7. The predicted molar refractivity (Wildman–Crippen MR) is 160 cm³/mol. The molecule has 0 bridgehead atoms. The molecular formula is C32H44N4O2. The SMILES string of the molecule is C=C1CC(CNc2nc3cc(C(=O)NC(C)CO)ccc3n2C(C)CCCCCC)=CC=C/C1=C/C=C\C. The average molecular weight is 517 g/mol. The molecule has 1 aromatic carbocycles. The smallest absolute Gasteiger partial charge is 0.251 e. The largest absolute Gasteiger partial charge is 0.394 e. The Morgan fingerprint density at radius 3 is 2.82 bits per heavy atom. The van der Waals surface area contributed by atoms with Crippen molar-refractivity contribution in [1.29, 1.82) is 0 Å². The van der Waals surface area contributed by atoms with Crippen molar-refractivity contribution in [2.75, 3.05) is 18.5 Å². The molecule has 0 fully saturated rings. The summed E-state index contributed by atoms with van der Waals surface area (Å²) in [7, 11) is 0. The Morgan fingerprint density at radius 1 is 1.26 bits per heavy atom. The van der Waals surface area contributed by atoms with E-state index in [1.807, 2.05) is 37.3 Å². The van der Waals surface area contributed by atoms with Gasteiger partial charge in [0.05, 0.1) is 17.6 Å². The van der Waals surface area contributed by atoms with E-state index in [0.717, 1.165) is 41.0 Å². The van der Waals surface area contributed by atoms with Crippen molar-refractivity contribution in [3.05, 3.63) is 83.5 Å². The first-order chi connectivity index (χ1) is 18.4. The molecule has 0 spiro atoms. The van der Waals surface area contributed by atoms with Gasteiger partial charge in [0.25, 0.3) is 5.91 Å². The van der Waals surface area contributed by atoms with Crippen LogP contribution in [0.1, 0.15) is 82.6 Å². The van der Waals surface area contributed by atoms with E-state index in [-0.39, 0.29) is 24.6 Å². The van der Waals surface area contributed by atoms with E-state index >= 15 is 0 Å². The fourth-order valence-electron chi connectivity index (χ4n) is 4.69. The van der Waals surface area contributed by atoms with Crippen LogP contribution in [0.15, 0.2) is 78.0 Å². The van der Waals surface area contributed by atoms with Crippen LogP contribution in [-0.4, -0.2) is 39.8 Å². The van der Waals surface area contributed by atoms with Gasteiger partial charge in [-0.1, -0.05) is 75.6 Å². The lowest BCUT2D eigenvalue weighted by molar-refractivity contribution is 0.0922. The molecule has 3 rings (SSSR count). The van der Waals surface area contributed by atoms with Crippen LogP contribution < -0.4 is 10.6 Å². The van der Waals surface area contributed by atoms with Gasteiger partial charge in [-0.2, -0.15) is 0 Å². The Morgan fingerprint density at radius 2 is 2.08 bits per heavy atom. The van der Waals surface area contributed by atoms with Gasteiger partial charge in [-0.05, 0) is 68.5 Å². The number of aliphatic hydroxyl groups excluding tert-OH is 1.